The Kier molecular flexibility index (Phi) is 5.21. The number of carbonyl (C=O) groups excluding carboxylic acids is 1. The van der Waals surface area contributed by atoms with Crippen molar-refractivity contribution < 1.29 is 19.8 Å². The Morgan fingerprint density at radius 2 is 2.19 bits per heavy atom. The lowest BCUT2D eigenvalue weighted by Gasteiger charge is -2.14. The first-order valence-electron chi connectivity index (χ1n) is 5.47. The fourth-order valence-corrected chi connectivity index (χ4v) is 1.68. The van der Waals surface area contributed by atoms with Crippen molar-refractivity contribution in [3.05, 3.63) is 0 Å². The Hall–Kier alpha value is -1.14. The minimum absolute atomic E-state index is 0.0721. The second-order valence-electron chi connectivity index (χ2n) is 4.02. The quantitative estimate of drug-likeness (QED) is 0.511. The predicted octanol–water partition coefficient (Wildman–Crippen LogP) is -0.966. The maximum atomic E-state index is 11.4. The monoisotopic (exact) mass is 230 g/mol. The van der Waals surface area contributed by atoms with Gasteiger partial charge in [-0.2, -0.15) is 0 Å². The fraction of sp³-hybridized carbons (Fsp3) is 0.800. The van der Waals surface area contributed by atoms with Crippen molar-refractivity contribution in [2.24, 2.45) is 0 Å². The minimum atomic E-state index is -0.850. The third kappa shape index (κ3) is 5.09. The second-order valence-corrected chi connectivity index (χ2v) is 4.02. The van der Waals surface area contributed by atoms with Crippen molar-refractivity contribution in [2.45, 2.75) is 25.4 Å². The van der Waals surface area contributed by atoms with Crippen LogP contribution in [0.25, 0.3) is 0 Å². The van der Waals surface area contributed by atoms with Gasteiger partial charge in [-0.15, -0.1) is 0 Å². The average Bonchev–Trinajstić information content (AvgIpc) is 2.58. The molecule has 1 atom stereocenters. The van der Waals surface area contributed by atoms with E-state index in [1.54, 1.807) is 0 Å². The Morgan fingerprint density at radius 3 is 2.75 bits per heavy atom. The van der Waals surface area contributed by atoms with Crippen LogP contribution in [0.15, 0.2) is 0 Å². The Bertz CT molecular complexity index is 257. The molecule has 1 saturated heterocycles. The highest BCUT2D eigenvalue weighted by atomic mass is 16.4. The van der Waals surface area contributed by atoms with Gasteiger partial charge in [-0.1, -0.05) is 0 Å². The summed E-state index contributed by atoms with van der Waals surface area (Å²) in [6.45, 7) is 1.96. The summed E-state index contributed by atoms with van der Waals surface area (Å²) in [5.74, 6) is -0.962. The smallest absolute Gasteiger partial charge is 0.303 e. The third-order valence-electron chi connectivity index (χ3n) is 2.50. The summed E-state index contributed by atoms with van der Waals surface area (Å²) in [5, 5.41) is 20.3. The first kappa shape index (κ1) is 12.9. The molecule has 3 N–H and O–H groups in total. The van der Waals surface area contributed by atoms with E-state index >= 15 is 0 Å². The molecule has 0 bridgehead atoms. The number of rotatable bonds is 6. The molecule has 0 saturated carbocycles. The van der Waals surface area contributed by atoms with Gasteiger partial charge in [0.05, 0.1) is 12.6 Å². The number of β-amino-alcohol motifs (C(OH)–C–C–N with tert-alkyl or cyclic N) is 1. The predicted molar refractivity (Wildman–Crippen MR) is 56.9 cm³/mol. The van der Waals surface area contributed by atoms with Gasteiger partial charge in [-0.05, 0) is 12.8 Å². The normalized spacial score (nSPS) is 20.9. The van der Waals surface area contributed by atoms with Crippen LogP contribution in [-0.2, 0) is 9.59 Å². The number of carboxylic acid groups (broad SMARTS) is 1. The summed E-state index contributed by atoms with van der Waals surface area (Å²) < 4.78 is 0. The minimum Gasteiger partial charge on any atom is -0.481 e. The van der Waals surface area contributed by atoms with Gasteiger partial charge in [0.15, 0.2) is 0 Å². The second kappa shape index (κ2) is 6.44. The first-order valence-corrected chi connectivity index (χ1v) is 5.47. The van der Waals surface area contributed by atoms with Gasteiger partial charge in [0, 0.05) is 26.1 Å². The molecule has 92 valence electrons. The molecule has 1 aliphatic heterocycles. The van der Waals surface area contributed by atoms with Crippen LogP contribution in [0.4, 0.5) is 0 Å². The van der Waals surface area contributed by atoms with Gasteiger partial charge in [-0.25, -0.2) is 0 Å². The molecule has 1 heterocycles. The highest BCUT2D eigenvalue weighted by Gasteiger charge is 2.21. The highest BCUT2D eigenvalue weighted by Crippen LogP contribution is 2.07. The summed E-state index contributed by atoms with van der Waals surface area (Å²) in [6, 6.07) is 0. The van der Waals surface area contributed by atoms with E-state index in [4.69, 9.17) is 5.11 Å². The van der Waals surface area contributed by atoms with Crippen molar-refractivity contribution in [1.82, 2.24) is 10.2 Å². The number of aliphatic hydroxyl groups is 1. The zero-order valence-electron chi connectivity index (χ0n) is 9.19. The molecule has 1 fully saturated rings. The lowest BCUT2D eigenvalue weighted by Crippen LogP contribution is -2.36. The van der Waals surface area contributed by atoms with Crippen molar-refractivity contribution >= 4 is 11.9 Å². The third-order valence-corrected chi connectivity index (χ3v) is 2.50. The molecule has 1 aliphatic rings. The molecule has 0 aromatic carbocycles. The molecule has 6 nitrogen and oxygen atoms in total. The largest absolute Gasteiger partial charge is 0.481 e. The van der Waals surface area contributed by atoms with Crippen LogP contribution < -0.4 is 5.32 Å². The number of carboxylic acids is 1. The Morgan fingerprint density at radius 1 is 1.44 bits per heavy atom. The van der Waals surface area contributed by atoms with E-state index < -0.39 is 5.97 Å². The van der Waals surface area contributed by atoms with Crippen LogP contribution in [0.2, 0.25) is 0 Å². The summed E-state index contributed by atoms with van der Waals surface area (Å²) in [5.41, 5.74) is 0. The number of nitrogens with one attached hydrogen (secondary N) is 1. The molecular formula is C10H18N2O4. The lowest BCUT2D eigenvalue weighted by atomic mass is 10.3. The zero-order chi connectivity index (χ0) is 12.0. The molecule has 1 rings (SSSR count). The molecule has 0 aromatic rings. The summed E-state index contributed by atoms with van der Waals surface area (Å²) in [4.78, 5) is 23.5. The van der Waals surface area contributed by atoms with Crippen molar-refractivity contribution in [3.8, 4) is 0 Å². The molecular weight excluding hydrogens is 212 g/mol. The number of likely N-dealkylation sites (tertiary alicyclic amines) is 1. The SMILES string of the molecule is O=C(O)CCCNC(=O)CN1CC[C@H](O)C1. The van der Waals surface area contributed by atoms with E-state index in [0.717, 1.165) is 6.54 Å². The molecule has 0 spiro atoms. The topological polar surface area (TPSA) is 89.9 Å². The van der Waals surface area contributed by atoms with Crippen LogP contribution in [0.5, 0.6) is 0 Å². The first-order chi connectivity index (χ1) is 7.58. The number of hydrogen-bond donors (Lipinski definition) is 3. The standard InChI is InChI=1S/C10H18N2O4/c13-8-3-5-12(6-8)7-9(14)11-4-1-2-10(15)16/h8,13H,1-7H2,(H,11,14)(H,15,16)/t8-/m0/s1. The van der Waals surface area contributed by atoms with E-state index in [9.17, 15) is 14.7 Å². The average molecular weight is 230 g/mol. The molecule has 0 aliphatic carbocycles. The van der Waals surface area contributed by atoms with Crippen molar-refractivity contribution in [3.63, 3.8) is 0 Å². The summed E-state index contributed by atoms with van der Waals surface area (Å²) in [7, 11) is 0. The van der Waals surface area contributed by atoms with E-state index in [2.05, 4.69) is 5.32 Å². The van der Waals surface area contributed by atoms with Crippen LogP contribution in [0, 0.1) is 0 Å². The fourth-order valence-electron chi connectivity index (χ4n) is 1.68. The van der Waals surface area contributed by atoms with Gasteiger partial charge in [0.1, 0.15) is 0 Å². The van der Waals surface area contributed by atoms with E-state index in [0.29, 0.717) is 25.9 Å². The van der Waals surface area contributed by atoms with Gasteiger partial charge in [-0.3, -0.25) is 14.5 Å². The van der Waals surface area contributed by atoms with Gasteiger partial charge in [0.2, 0.25) is 5.91 Å². The Balaban J connectivity index is 2.05. The van der Waals surface area contributed by atoms with E-state index in [-0.39, 0.29) is 25.0 Å². The van der Waals surface area contributed by atoms with Crippen LogP contribution in [0.3, 0.4) is 0 Å². The number of aliphatic hydroxyl groups excluding tert-OH is 1. The highest BCUT2D eigenvalue weighted by molar-refractivity contribution is 5.78. The van der Waals surface area contributed by atoms with Gasteiger partial charge < -0.3 is 15.5 Å². The molecule has 0 radical (unpaired) electrons. The Labute approximate surface area is 94.2 Å². The molecule has 16 heavy (non-hydrogen) atoms. The van der Waals surface area contributed by atoms with Crippen LogP contribution in [-0.4, -0.2) is 59.3 Å². The number of carbonyl (C=O) groups is 2. The van der Waals surface area contributed by atoms with E-state index in [1.165, 1.54) is 0 Å². The van der Waals surface area contributed by atoms with Crippen LogP contribution in [0.1, 0.15) is 19.3 Å². The van der Waals surface area contributed by atoms with Gasteiger partial charge >= 0.3 is 5.97 Å². The molecule has 0 aromatic heterocycles. The maximum absolute atomic E-state index is 11.4. The number of hydrogen-bond acceptors (Lipinski definition) is 4. The van der Waals surface area contributed by atoms with Crippen LogP contribution >= 0.6 is 0 Å². The molecule has 1 amide bonds. The number of amides is 1. The number of nitrogens with zero attached hydrogens (tertiary/aromatic N) is 1. The van der Waals surface area contributed by atoms with E-state index in [1.807, 2.05) is 4.90 Å². The van der Waals surface area contributed by atoms with Crippen molar-refractivity contribution in [1.29, 1.82) is 0 Å². The van der Waals surface area contributed by atoms with Crippen molar-refractivity contribution in [2.75, 3.05) is 26.2 Å². The molecule has 0 unspecified atom stereocenters. The number of aliphatic carboxylic acids is 1. The maximum Gasteiger partial charge on any atom is 0.303 e. The zero-order valence-corrected chi connectivity index (χ0v) is 9.19. The van der Waals surface area contributed by atoms with Gasteiger partial charge in [0.25, 0.3) is 0 Å². The summed E-state index contributed by atoms with van der Waals surface area (Å²) in [6.07, 6.45) is 0.915. The summed E-state index contributed by atoms with van der Waals surface area (Å²) >= 11 is 0. The molecule has 6 heteroatoms. The lowest BCUT2D eigenvalue weighted by molar-refractivity contribution is -0.137.